The SMILES string of the molecule is N#Cc1ncn(CC(=O)N[C@H]2CCN(c3ccc4nccn4c3)C2)n1. The molecule has 1 aliphatic rings. The van der Waals surface area contributed by atoms with Crippen LogP contribution >= 0.6 is 0 Å². The molecule has 1 amide bonds. The van der Waals surface area contributed by atoms with E-state index in [1.165, 1.54) is 11.0 Å². The number of hydrogen-bond acceptors (Lipinski definition) is 6. The third kappa shape index (κ3) is 3.14. The topological polar surface area (TPSA) is 104 Å². The van der Waals surface area contributed by atoms with Crippen molar-refractivity contribution in [3.63, 3.8) is 0 Å². The lowest BCUT2D eigenvalue weighted by atomic mass is 10.2. The second kappa shape index (κ2) is 6.24. The van der Waals surface area contributed by atoms with E-state index in [-0.39, 0.29) is 24.3 Å². The summed E-state index contributed by atoms with van der Waals surface area (Å²) in [5.41, 5.74) is 2.02. The maximum Gasteiger partial charge on any atom is 0.252 e. The number of carbonyl (C=O) groups excluding carboxylic acids is 1. The van der Waals surface area contributed by atoms with Gasteiger partial charge < -0.3 is 14.6 Å². The van der Waals surface area contributed by atoms with Crippen LogP contribution in [0.3, 0.4) is 0 Å². The minimum atomic E-state index is -0.133. The molecule has 0 unspecified atom stereocenters. The zero-order valence-corrected chi connectivity index (χ0v) is 13.4. The average molecular weight is 336 g/mol. The summed E-state index contributed by atoms with van der Waals surface area (Å²) in [6, 6.07) is 5.96. The number of nitrogens with zero attached hydrogens (tertiary/aromatic N) is 7. The Balaban J connectivity index is 1.35. The summed E-state index contributed by atoms with van der Waals surface area (Å²) in [7, 11) is 0. The molecule has 9 nitrogen and oxygen atoms in total. The Morgan fingerprint density at radius 3 is 3.16 bits per heavy atom. The number of anilines is 1. The number of carbonyl (C=O) groups is 1. The van der Waals surface area contributed by atoms with Crippen LogP contribution in [-0.4, -0.2) is 49.2 Å². The molecule has 1 N–H and O–H groups in total. The predicted octanol–water partition coefficient (Wildman–Crippen LogP) is 0.193. The fourth-order valence-corrected chi connectivity index (χ4v) is 3.05. The fraction of sp³-hybridized carbons (Fsp3) is 0.312. The lowest BCUT2D eigenvalue weighted by Gasteiger charge is -2.19. The van der Waals surface area contributed by atoms with Gasteiger partial charge in [-0.25, -0.2) is 14.6 Å². The van der Waals surface area contributed by atoms with Crippen LogP contribution in [0.4, 0.5) is 5.69 Å². The number of nitrogens with one attached hydrogen (secondary N) is 1. The van der Waals surface area contributed by atoms with Gasteiger partial charge in [0.15, 0.2) is 0 Å². The number of pyridine rings is 1. The predicted molar refractivity (Wildman–Crippen MR) is 88.7 cm³/mol. The molecule has 4 heterocycles. The van der Waals surface area contributed by atoms with Gasteiger partial charge in [0.05, 0.1) is 5.69 Å². The molecule has 4 rings (SSSR count). The number of fused-ring (bicyclic) bond motifs is 1. The smallest absolute Gasteiger partial charge is 0.252 e. The van der Waals surface area contributed by atoms with E-state index in [2.05, 4.69) is 25.3 Å². The number of imidazole rings is 1. The highest BCUT2D eigenvalue weighted by atomic mass is 16.2. The molecule has 0 radical (unpaired) electrons. The Morgan fingerprint density at radius 1 is 1.40 bits per heavy atom. The molecule has 126 valence electrons. The number of rotatable bonds is 4. The molecular weight excluding hydrogens is 320 g/mol. The summed E-state index contributed by atoms with van der Waals surface area (Å²) < 4.78 is 3.35. The zero-order valence-electron chi connectivity index (χ0n) is 13.4. The minimum Gasteiger partial charge on any atom is -0.368 e. The first-order valence-corrected chi connectivity index (χ1v) is 7.98. The Hall–Kier alpha value is -3.41. The summed E-state index contributed by atoms with van der Waals surface area (Å²) in [6.45, 7) is 1.70. The van der Waals surface area contributed by atoms with E-state index in [0.29, 0.717) is 0 Å². The number of nitriles is 1. The van der Waals surface area contributed by atoms with E-state index in [1.54, 1.807) is 6.20 Å². The second-order valence-corrected chi connectivity index (χ2v) is 5.96. The van der Waals surface area contributed by atoms with Gasteiger partial charge >= 0.3 is 0 Å². The Kier molecular flexibility index (Phi) is 3.78. The van der Waals surface area contributed by atoms with Crippen molar-refractivity contribution in [2.24, 2.45) is 0 Å². The van der Waals surface area contributed by atoms with Crippen molar-refractivity contribution in [3.05, 3.63) is 42.9 Å². The van der Waals surface area contributed by atoms with Crippen molar-refractivity contribution in [3.8, 4) is 6.07 Å². The quantitative estimate of drug-likeness (QED) is 0.729. The maximum atomic E-state index is 12.1. The highest BCUT2D eigenvalue weighted by molar-refractivity contribution is 5.76. The molecule has 25 heavy (non-hydrogen) atoms. The molecule has 3 aromatic heterocycles. The van der Waals surface area contributed by atoms with Crippen LogP contribution in [0.1, 0.15) is 12.2 Å². The van der Waals surface area contributed by atoms with Crippen molar-refractivity contribution in [1.29, 1.82) is 5.26 Å². The summed E-state index contributed by atoms with van der Waals surface area (Å²) in [4.78, 5) is 22.4. The Bertz CT molecular complexity index is 952. The second-order valence-electron chi connectivity index (χ2n) is 5.96. The number of amides is 1. The molecule has 1 atom stereocenters. The molecule has 1 aliphatic heterocycles. The number of aromatic nitrogens is 5. The van der Waals surface area contributed by atoms with Crippen molar-refractivity contribution in [2.45, 2.75) is 19.0 Å². The van der Waals surface area contributed by atoms with Gasteiger partial charge in [0, 0.05) is 37.7 Å². The van der Waals surface area contributed by atoms with Crippen molar-refractivity contribution in [1.82, 2.24) is 29.5 Å². The largest absolute Gasteiger partial charge is 0.368 e. The highest BCUT2D eigenvalue weighted by Crippen LogP contribution is 2.20. The van der Waals surface area contributed by atoms with Crippen LogP contribution in [-0.2, 0) is 11.3 Å². The molecule has 0 aliphatic carbocycles. The molecule has 0 saturated carbocycles. The molecular formula is C16H16N8O. The van der Waals surface area contributed by atoms with E-state index >= 15 is 0 Å². The third-order valence-corrected chi connectivity index (χ3v) is 4.23. The molecule has 3 aromatic rings. The van der Waals surface area contributed by atoms with E-state index in [1.807, 2.05) is 35.0 Å². The van der Waals surface area contributed by atoms with Crippen molar-refractivity contribution >= 4 is 17.2 Å². The van der Waals surface area contributed by atoms with Crippen LogP contribution in [0.5, 0.6) is 0 Å². The van der Waals surface area contributed by atoms with Crippen LogP contribution in [0, 0.1) is 11.3 Å². The molecule has 1 saturated heterocycles. The van der Waals surface area contributed by atoms with Crippen LogP contribution in [0.25, 0.3) is 5.65 Å². The Morgan fingerprint density at radius 2 is 2.32 bits per heavy atom. The van der Waals surface area contributed by atoms with E-state index in [4.69, 9.17) is 5.26 Å². The fourth-order valence-electron chi connectivity index (χ4n) is 3.05. The molecule has 1 fully saturated rings. The van der Waals surface area contributed by atoms with Crippen molar-refractivity contribution in [2.75, 3.05) is 18.0 Å². The summed E-state index contributed by atoms with van der Waals surface area (Å²) in [5.74, 6) is -0.0685. The summed E-state index contributed by atoms with van der Waals surface area (Å²) in [6.07, 6.45) is 8.01. The van der Waals surface area contributed by atoms with E-state index in [0.717, 1.165) is 30.8 Å². The van der Waals surface area contributed by atoms with Gasteiger partial charge in [0.2, 0.25) is 5.91 Å². The van der Waals surface area contributed by atoms with Gasteiger partial charge in [0.25, 0.3) is 5.82 Å². The minimum absolute atomic E-state index is 0.0617. The van der Waals surface area contributed by atoms with Gasteiger partial charge in [-0.1, -0.05) is 0 Å². The van der Waals surface area contributed by atoms with Crippen LogP contribution in [0.15, 0.2) is 37.1 Å². The van der Waals surface area contributed by atoms with Gasteiger partial charge in [0.1, 0.15) is 24.6 Å². The van der Waals surface area contributed by atoms with Gasteiger partial charge in [-0.2, -0.15) is 5.26 Å². The van der Waals surface area contributed by atoms with Gasteiger partial charge in [-0.05, 0) is 18.6 Å². The summed E-state index contributed by atoms with van der Waals surface area (Å²) in [5, 5.41) is 15.6. The van der Waals surface area contributed by atoms with Crippen molar-refractivity contribution < 1.29 is 4.79 Å². The normalized spacial score (nSPS) is 16.9. The number of hydrogen-bond donors (Lipinski definition) is 1. The van der Waals surface area contributed by atoms with Gasteiger partial charge in [-0.3, -0.25) is 4.79 Å². The Labute approximate surface area is 143 Å². The monoisotopic (exact) mass is 336 g/mol. The molecule has 0 aromatic carbocycles. The standard InChI is InChI=1S/C16H16N8O/c17-7-14-19-11-24(21-14)10-16(25)20-12-3-5-22(8-12)13-1-2-15-18-4-6-23(15)9-13/h1-2,4,6,9,11-12H,3,5,8,10H2,(H,20,25)/t12-/m0/s1. The molecule has 0 spiro atoms. The summed E-state index contributed by atoms with van der Waals surface area (Å²) >= 11 is 0. The highest BCUT2D eigenvalue weighted by Gasteiger charge is 2.24. The molecule has 9 heteroatoms. The lowest BCUT2D eigenvalue weighted by Crippen LogP contribution is -2.39. The van der Waals surface area contributed by atoms with Crippen LogP contribution < -0.4 is 10.2 Å². The third-order valence-electron chi connectivity index (χ3n) is 4.23. The zero-order chi connectivity index (χ0) is 17.2. The first-order chi connectivity index (χ1) is 12.2. The van der Waals surface area contributed by atoms with E-state index < -0.39 is 0 Å². The van der Waals surface area contributed by atoms with E-state index in [9.17, 15) is 4.79 Å². The maximum absolute atomic E-state index is 12.1. The lowest BCUT2D eigenvalue weighted by molar-refractivity contribution is -0.122. The first-order valence-electron chi connectivity index (χ1n) is 7.98. The average Bonchev–Trinajstić information content (AvgIpc) is 3.34. The first kappa shape index (κ1) is 15.1. The van der Waals surface area contributed by atoms with Crippen LogP contribution in [0.2, 0.25) is 0 Å². The molecule has 0 bridgehead atoms. The van der Waals surface area contributed by atoms with Gasteiger partial charge in [-0.15, -0.1) is 5.10 Å².